The van der Waals surface area contributed by atoms with Gasteiger partial charge in [-0.3, -0.25) is 0 Å². The van der Waals surface area contributed by atoms with Gasteiger partial charge in [0.1, 0.15) is 0 Å². The molecule has 2 aromatic carbocycles. The molecule has 0 spiro atoms. The Morgan fingerprint density at radius 2 is 1.89 bits per heavy atom. The summed E-state index contributed by atoms with van der Waals surface area (Å²) in [6.07, 6.45) is 5.84. The van der Waals surface area contributed by atoms with Gasteiger partial charge in [0.15, 0.2) is 0 Å². The molecular weight excluding hydrogens is 799 g/mol. The Balaban J connectivity index is 1.26. The molecule has 0 saturated carbocycles. The Morgan fingerprint density at radius 1 is 1.14 bits per heavy atom. The number of halogens is 5. The van der Waals surface area contributed by atoms with Crippen LogP contribution in [0.25, 0.3) is 11.1 Å². The first-order valence-electron chi connectivity index (χ1n) is 12.2. The van der Waals surface area contributed by atoms with Crippen LogP contribution in [0.1, 0.15) is 32.3 Å². The molecule has 0 aliphatic carbocycles. The van der Waals surface area contributed by atoms with Crippen molar-refractivity contribution in [3.8, 4) is 11.1 Å². The molecule has 2 atom stereocenters. The number of hydrogen-bond donors (Lipinski definition) is 0. The SMILES string of the molecule is CC(C1=NC=CC1)I1CCN(C2CC(=O)I(c3cccc(-c4ccc(I)c(C(C)(F)F)c4)c3)C2)CC1. The second-order valence-corrected chi connectivity index (χ2v) is 23.0. The van der Waals surface area contributed by atoms with E-state index in [0.29, 0.717) is 23.7 Å². The number of carbonyl (C=O) groups excluding carboxylic acids is 1. The van der Waals surface area contributed by atoms with E-state index in [4.69, 9.17) is 0 Å². The topological polar surface area (TPSA) is 32.7 Å². The summed E-state index contributed by atoms with van der Waals surface area (Å²) in [5.74, 6) is -2.88. The van der Waals surface area contributed by atoms with Gasteiger partial charge in [-0.25, -0.2) is 0 Å². The van der Waals surface area contributed by atoms with E-state index >= 15 is 0 Å². The number of carbonyl (C=O) groups is 1. The molecule has 3 heterocycles. The number of allylic oxidation sites excluding steroid dienone is 1. The molecule has 2 saturated heterocycles. The van der Waals surface area contributed by atoms with Gasteiger partial charge in [-0.2, -0.15) is 0 Å². The number of benzene rings is 2. The molecule has 8 heteroatoms. The van der Waals surface area contributed by atoms with Gasteiger partial charge in [-0.05, 0) is 0 Å². The summed E-state index contributed by atoms with van der Waals surface area (Å²) >= 11 is -1.05. The van der Waals surface area contributed by atoms with E-state index in [1.165, 1.54) is 18.1 Å². The first-order valence-corrected chi connectivity index (χ1v) is 21.3. The second-order valence-electron chi connectivity index (χ2n) is 9.56. The number of hydrogen-bond acceptors (Lipinski definition) is 3. The Bertz CT molecular complexity index is 1200. The molecule has 0 aromatic heterocycles. The predicted octanol–water partition coefficient (Wildman–Crippen LogP) is 7.61. The number of aliphatic imine (C=N–C) groups is 1. The molecule has 3 nitrogen and oxygen atoms in total. The van der Waals surface area contributed by atoms with E-state index in [-0.39, 0.29) is 5.56 Å². The molecule has 0 amide bonds. The standard InChI is InChI=1S/C28H31F2I3N2O/c1-19(26-7-4-12-34-26)32-10-13-35(14-11-32)23-17-27(36)33(18-23)22-6-3-5-20(15-22)21-8-9-25(31)24(16-21)28(2,29)30/h3-6,8-9,12,15-16,19,23H,7,10-11,13-14,17-18H2,1-2H3. The minimum absolute atomic E-state index is 0.0554. The van der Waals surface area contributed by atoms with E-state index in [9.17, 15) is 13.6 Å². The summed E-state index contributed by atoms with van der Waals surface area (Å²) < 4.78 is 34.8. The van der Waals surface area contributed by atoms with Gasteiger partial charge in [0.2, 0.25) is 0 Å². The molecule has 0 radical (unpaired) electrons. The minimum atomic E-state index is -2.88. The zero-order valence-electron chi connectivity index (χ0n) is 20.5. The number of nitrogens with zero attached hydrogens (tertiary/aromatic N) is 2. The molecule has 194 valence electrons. The van der Waals surface area contributed by atoms with E-state index in [1.807, 2.05) is 47.0 Å². The van der Waals surface area contributed by atoms with Crippen molar-refractivity contribution < 1.29 is 13.6 Å². The van der Waals surface area contributed by atoms with Gasteiger partial charge in [-0.1, -0.05) is 0 Å². The van der Waals surface area contributed by atoms with Crippen LogP contribution in [0.2, 0.25) is 0 Å². The van der Waals surface area contributed by atoms with Crippen LogP contribution >= 0.6 is 62.2 Å². The van der Waals surface area contributed by atoms with Crippen LogP contribution in [-0.4, -0.2) is 50.7 Å². The Morgan fingerprint density at radius 3 is 2.58 bits per heavy atom. The van der Waals surface area contributed by atoms with E-state index < -0.39 is 45.6 Å². The molecule has 5 rings (SSSR count). The zero-order chi connectivity index (χ0) is 25.4. The van der Waals surface area contributed by atoms with Crippen molar-refractivity contribution in [3.63, 3.8) is 0 Å². The van der Waals surface area contributed by atoms with Crippen LogP contribution in [0.3, 0.4) is 0 Å². The van der Waals surface area contributed by atoms with Gasteiger partial charge < -0.3 is 0 Å². The van der Waals surface area contributed by atoms with Crippen LogP contribution < -0.4 is 0 Å². The van der Waals surface area contributed by atoms with Crippen molar-refractivity contribution in [1.82, 2.24) is 4.90 Å². The van der Waals surface area contributed by atoms with Crippen molar-refractivity contribution in [2.75, 3.05) is 26.4 Å². The molecule has 3 aliphatic rings. The summed E-state index contributed by atoms with van der Waals surface area (Å²) in [4.78, 5) is 20.4. The van der Waals surface area contributed by atoms with Gasteiger partial charge >= 0.3 is 243 Å². The average molecular weight is 830 g/mol. The van der Waals surface area contributed by atoms with Crippen LogP contribution in [0.4, 0.5) is 8.78 Å². The molecule has 36 heavy (non-hydrogen) atoms. The normalized spacial score (nSPS) is 23.9. The Labute approximate surface area is 240 Å². The summed E-state index contributed by atoms with van der Waals surface area (Å²) in [6, 6.07) is 13.8. The third-order valence-electron chi connectivity index (χ3n) is 7.18. The van der Waals surface area contributed by atoms with Gasteiger partial charge in [0, 0.05) is 0 Å². The van der Waals surface area contributed by atoms with Gasteiger partial charge in [0.25, 0.3) is 0 Å². The second kappa shape index (κ2) is 11.3. The van der Waals surface area contributed by atoms with Crippen LogP contribution in [-0.2, 0) is 10.7 Å². The van der Waals surface area contributed by atoms with Crippen LogP contribution in [0.15, 0.2) is 59.7 Å². The molecule has 0 bridgehead atoms. The first-order chi connectivity index (χ1) is 17.2. The summed E-state index contributed by atoms with van der Waals surface area (Å²) in [5, 5.41) is 0. The van der Waals surface area contributed by atoms with Gasteiger partial charge in [0.05, 0.1) is 0 Å². The molecule has 0 N–H and O–H groups in total. The Kier molecular flexibility index (Phi) is 8.53. The summed E-state index contributed by atoms with van der Waals surface area (Å²) in [7, 11) is 0. The van der Waals surface area contributed by atoms with Crippen molar-refractivity contribution >= 4 is 71.7 Å². The first kappa shape index (κ1) is 27.1. The molecule has 3 aliphatic heterocycles. The zero-order valence-corrected chi connectivity index (χ0v) is 27.0. The fourth-order valence-corrected chi connectivity index (χ4v) is 18.1. The van der Waals surface area contributed by atoms with Crippen molar-refractivity contribution in [1.29, 1.82) is 0 Å². The average Bonchev–Trinajstić information content (AvgIpc) is 3.54. The van der Waals surface area contributed by atoms with Crippen molar-refractivity contribution in [2.24, 2.45) is 4.99 Å². The predicted molar refractivity (Wildman–Crippen MR) is 171 cm³/mol. The quantitative estimate of drug-likeness (QED) is 0.171. The fourth-order valence-electron chi connectivity index (χ4n) is 5.04. The van der Waals surface area contributed by atoms with E-state index in [1.54, 1.807) is 12.1 Å². The molecule has 2 unspecified atom stereocenters. The molecule has 2 fully saturated rings. The van der Waals surface area contributed by atoms with Gasteiger partial charge in [-0.15, -0.1) is 0 Å². The van der Waals surface area contributed by atoms with Crippen LogP contribution in [0.5, 0.6) is 0 Å². The van der Waals surface area contributed by atoms with Crippen molar-refractivity contribution in [2.45, 2.75) is 42.6 Å². The third kappa shape index (κ3) is 5.90. The Hall–Kier alpha value is -0.470. The van der Waals surface area contributed by atoms with E-state index in [0.717, 1.165) is 42.0 Å². The maximum atomic E-state index is 14.1. The summed E-state index contributed by atoms with van der Waals surface area (Å²) in [6.45, 7) is 5.60. The van der Waals surface area contributed by atoms with Crippen LogP contribution in [0, 0.1) is 7.14 Å². The van der Waals surface area contributed by atoms with Crippen molar-refractivity contribution in [3.05, 3.63) is 67.4 Å². The summed E-state index contributed by atoms with van der Waals surface area (Å²) in [5.41, 5.74) is 3.16. The molecular formula is C28H31F2I3N2O. The monoisotopic (exact) mass is 830 g/mol. The number of rotatable bonds is 6. The number of alkyl halides is 6. The third-order valence-corrected chi connectivity index (χ3v) is 21.2. The van der Waals surface area contributed by atoms with E-state index in [2.05, 4.69) is 35.0 Å². The fraction of sp³-hybridized carbons (Fsp3) is 0.429. The maximum absolute atomic E-state index is 14.1. The molecule has 2 aromatic rings.